The summed E-state index contributed by atoms with van der Waals surface area (Å²) in [5.74, 6) is -0.443. The number of hydrogen-bond donors (Lipinski definition) is 0. The van der Waals surface area contributed by atoms with Gasteiger partial charge in [0, 0.05) is 36.4 Å². The third-order valence-corrected chi connectivity index (χ3v) is 5.69. The summed E-state index contributed by atoms with van der Waals surface area (Å²) < 4.78 is 52.3. The Labute approximate surface area is 200 Å². The molecule has 0 saturated heterocycles. The molecule has 0 aliphatic carbocycles. The highest BCUT2D eigenvalue weighted by molar-refractivity contribution is 6.02. The zero-order valence-electron chi connectivity index (χ0n) is 19.8. The van der Waals surface area contributed by atoms with Crippen molar-refractivity contribution in [1.82, 2.24) is 19.3 Å². The fraction of sp³-hybridized carbons (Fsp3) is 0.320. The number of rotatable bonds is 8. The Kier molecular flexibility index (Phi) is 6.56. The van der Waals surface area contributed by atoms with Gasteiger partial charge in [0.05, 0.1) is 43.6 Å². The van der Waals surface area contributed by atoms with Gasteiger partial charge in [-0.15, -0.1) is 0 Å². The topological polar surface area (TPSA) is 71.2 Å². The Hall–Kier alpha value is -3.82. The summed E-state index contributed by atoms with van der Waals surface area (Å²) >= 11 is 0. The number of Topliss-reactive ketones (excluding diaryl/α,β-unsaturated/α-hetero) is 1. The van der Waals surface area contributed by atoms with E-state index < -0.39 is 24.8 Å². The van der Waals surface area contributed by atoms with Crippen LogP contribution in [0, 0.1) is 0 Å². The maximum absolute atomic E-state index is 12.6. The van der Waals surface area contributed by atoms with Gasteiger partial charge in [-0.2, -0.15) is 18.3 Å². The average Bonchev–Trinajstić information content (AvgIpc) is 3.48. The van der Waals surface area contributed by atoms with Crippen LogP contribution in [-0.2, 0) is 0 Å². The van der Waals surface area contributed by atoms with Crippen molar-refractivity contribution in [1.29, 1.82) is 0 Å². The average molecular weight is 486 g/mol. The first kappa shape index (κ1) is 24.3. The lowest BCUT2D eigenvalue weighted by Crippen LogP contribution is -2.13. The van der Waals surface area contributed by atoms with Gasteiger partial charge in [-0.05, 0) is 31.5 Å². The molecule has 4 rings (SSSR count). The number of methoxy groups -OCH3 is 2. The Balaban J connectivity index is 1.71. The molecule has 0 bridgehead atoms. The highest BCUT2D eigenvalue weighted by atomic mass is 19.4. The van der Waals surface area contributed by atoms with Crippen molar-refractivity contribution in [2.45, 2.75) is 38.9 Å². The summed E-state index contributed by atoms with van der Waals surface area (Å²) in [5.41, 5.74) is 4.05. The molecular formula is C25H25F3N4O3. The summed E-state index contributed by atoms with van der Waals surface area (Å²) in [5, 5.41) is 4.39. The lowest BCUT2D eigenvalue weighted by Gasteiger charge is -2.16. The maximum atomic E-state index is 12.6. The normalized spacial score (nSPS) is 11.9. The van der Waals surface area contributed by atoms with Gasteiger partial charge in [0.2, 0.25) is 0 Å². The molecule has 0 atom stereocenters. The van der Waals surface area contributed by atoms with Crippen LogP contribution in [0.25, 0.3) is 27.8 Å². The van der Waals surface area contributed by atoms with Crippen LogP contribution in [-0.4, -0.2) is 45.5 Å². The number of aromatic nitrogens is 4. The molecule has 0 aliphatic rings. The molecule has 0 spiro atoms. The summed E-state index contributed by atoms with van der Waals surface area (Å²) in [4.78, 5) is 17.1. The lowest BCUT2D eigenvalue weighted by molar-refractivity contribution is -0.133. The molecular weight excluding hydrogens is 461 g/mol. The molecule has 0 unspecified atom stereocenters. The summed E-state index contributed by atoms with van der Waals surface area (Å²) in [6.07, 6.45) is -0.927. The number of carbonyl (C=O) groups is 1. The Morgan fingerprint density at radius 3 is 2.31 bits per heavy atom. The fourth-order valence-corrected chi connectivity index (χ4v) is 3.86. The van der Waals surface area contributed by atoms with E-state index in [1.54, 1.807) is 23.0 Å². The first-order chi connectivity index (χ1) is 16.6. The highest BCUT2D eigenvalue weighted by Crippen LogP contribution is 2.36. The van der Waals surface area contributed by atoms with Crippen molar-refractivity contribution in [2.24, 2.45) is 0 Å². The molecule has 0 fully saturated rings. The Morgan fingerprint density at radius 2 is 1.74 bits per heavy atom. The lowest BCUT2D eigenvalue weighted by atomic mass is 10.0. The number of alkyl halides is 3. The van der Waals surface area contributed by atoms with E-state index in [2.05, 4.69) is 23.9 Å². The van der Waals surface area contributed by atoms with Crippen LogP contribution in [0.4, 0.5) is 13.2 Å². The predicted octanol–water partition coefficient (Wildman–Crippen LogP) is 6.01. The van der Waals surface area contributed by atoms with E-state index in [0.717, 1.165) is 22.2 Å². The second kappa shape index (κ2) is 9.44. The van der Waals surface area contributed by atoms with E-state index in [1.165, 1.54) is 14.2 Å². The minimum absolute atomic E-state index is 0.0168. The van der Waals surface area contributed by atoms with Crippen LogP contribution in [0.3, 0.4) is 0 Å². The van der Waals surface area contributed by atoms with Gasteiger partial charge in [-0.3, -0.25) is 14.0 Å². The summed E-state index contributed by atoms with van der Waals surface area (Å²) in [7, 11) is 2.71. The number of benzene rings is 2. The van der Waals surface area contributed by atoms with Crippen molar-refractivity contribution >= 4 is 16.8 Å². The third kappa shape index (κ3) is 5.01. The first-order valence-corrected chi connectivity index (χ1v) is 11.0. The molecule has 2 aromatic carbocycles. The third-order valence-electron chi connectivity index (χ3n) is 5.69. The Morgan fingerprint density at radius 1 is 1.06 bits per heavy atom. The molecule has 0 saturated carbocycles. The van der Waals surface area contributed by atoms with E-state index in [0.29, 0.717) is 5.69 Å². The van der Waals surface area contributed by atoms with Crippen LogP contribution in [0.5, 0.6) is 11.5 Å². The molecule has 0 aliphatic heterocycles. The number of halogens is 3. The van der Waals surface area contributed by atoms with Gasteiger partial charge in [-0.25, -0.2) is 4.98 Å². The van der Waals surface area contributed by atoms with E-state index in [9.17, 15) is 18.0 Å². The van der Waals surface area contributed by atoms with Gasteiger partial charge in [0.15, 0.2) is 5.78 Å². The van der Waals surface area contributed by atoms with Crippen LogP contribution in [0.15, 0.2) is 49.1 Å². The number of hydrogen-bond acceptors (Lipinski definition) is 5. The first-order valence-electron chi connectivity index (χ1n) is 11.0. The highest BCUT2D eigenvalue weighted by Gasteiger charge is 2.30. The van der Waals surface area contributed by atoms with E-state index in [1.807, 2.05) is 35.3 Å². The number of fused-ring (bicyclic) bond motifs is 1. The maximum Gasteiger partial charge on any atom is 0.389 e. The van der Waals surface area contributed by atoms with Crippen molar-refractivity contribution in [3.8, 4) is 28.3 Å². The SMILES string of the molecule is COc1cc(-n2cnc3cc(-c4cnn(C(C)C)c4)ccc32)cc(OC)c1C(=O)CCC(F)(F)F. The number of ketones is 1. The van der Waals surface area contributed by atoms with Crippen molar-refractivity contribution < 1.29 is 27.4 Å². The quantitative estimate of drug-likeness (QED) is 0.285. The van der Waals surface area contributed by atoms with Gasteiger partial charge in [-0.1, -0.05) is 6.07 Å². The number of imidazole rings is 1. The van der Waals surface area contributed by atoms with Crippen molar-refractivity contribution in [3.05, 3.63) is 54.6 Å². The molecule has 4 aromatic rings. The van der Waals surface area contributed by atoms with Crippen molar-refractivity contribution in [3.63, 3.8) is 0 Å². The molecule has 10 heteroatoms. The molecule has 0 N–H and O–H groups in total. The van der Waals surface area contributed by atoms with Gasteiger partial charge in [0.1, 0.15) is 23.4 Å². The molecule has 35 heavy (non-hydrogen) atoms. The minimum Gasteiger partial charge on any atom is -0.496 e. The summed E-state index contributed by atoms with van der Waals surface area (Å²) in [6, 6.07) is 9.27. The summed E-state index contributed by atoms with van der Waals surface area (Å²) in [6.45, 7) is 4.11. The van der Waals surface area contributed by atoms with Gasteiger partial charge >= 0.3 is 6.18 Å². The number of carbonyl (C=O) groups excluding carboxylic acids is 1. The van der Waals surface area contributed by atoms with Gasteiger partial charge < -0.3 is 9.47 Å². The number of ether oxygens (including phenoxy) is 2. The van der Waals surface area contributed by atoms with Crippen LogP contribution in [0.1, 0.15) is 43.1 Å². The molecule has 0 amide bonds. The largest absolute Gasteiger partial charge is 0.496 e. The van der Waals surface area contributed by atoms with E-state index in [4.69, 9.17) is 9.47 Å². The second-order valence-corrected chi connectivity index (χ2v) is 8.38. The van der Waals surface area contributed by atoms with E-state index in [-0.39, 0.29) is 23.1 Å². The smallest absolute Gasteiger partial charge is 0.389 e. The molecule has 184 valence electrons. The molecule has 2 heterocycles. The predicted molar refractivity (Wildman–Crippen MR) is 125 cm³/mol. The molecule has 7 nitrogen and oxygen atoms in total. The van der Waals surface area contributed by atoms with Gasteiger partial charge in [0.25, 0.3) is 0 Å². The van der Waals surface area contributed by atoms with Crippen molar-refractivity contribution in [2.75, 3.05) is 14.2 Å². The molecule has 2 aromatic heterocycles. The molecule has 0 radical (unpaired) electrons. The minimum atomic E-state index is -4.43. The zero-order chi connectivity index (χ0) is 25.3. The monoisotopic (exact) mass is 486 g/mol. The standard InChI is InChI=1S/C25H25F3N4O3/c1-15(2)32-13-17(12-30-32)16-5-6-20-19(9-16)29-14-31(20)18-10-22(34-3)24(23(11-18)35-4)21(33)7-8-25(26,27)28/h5-6,9-15H,7-8H2,1-4H3. The van der Waals surface area contributed by atoms with Crippen LogP contribution >= 0.6 is 0 Å². The Bertz CT molecular complexity index is 1350. The second-order valence-electron chi connectivity index (χ2n) is 8.38. The zero-order valence-corrected chi connectivity index (χ0v) is 19.8. The van der Waals surface area contributed by atoms with E-state index >= 15 is 0 Å². The van der Waals surface area contributed by atoms with Crippen LogP contribution in [0.2, 0.25) is 0 Å². The van der Waals surface area contributed by atoms with Crippen LogP contribution < -0.4 is 9.47 Å². The number of nitrogens with zero attached hydrogens (tertiary/aromatic N) is 4. The fourth-order valence-electron chi connectivity index (χ4n) is 3.86.